The quantitative estimate of drug-likeness (QED) is 0.585. The number of benzene rings is 1. The molecule has 0 radical (unpaired) electrons. The fraction of sp³-hybridized carbons (Fsp3) is 0.286. The smallest absolute Gasteiger partial charge is 0.247 e. The minimum absolute atomic E-state index is 0.0378. The molecule has 0 unspecified atom stereocenters. The summed E-state index contributed by atoms with van der Waals surface area (Å²) in [5.41, 5.74) is 0.694. The normalized spacial score (nSPS) is 12.5. The molecule has 23 heavy (non-hydrogen) atoms. The highest BCUT2D eigenvalue weighted by molar-refractivity contribution is 8.03. The van der Waals surface area contributed by atoms with Crippen LogP contribution in [0.2, 0.25) is 0 Å². The van der Waals surface area contributed by atoms with Crippen LogP contribution in [0.4, 0.5) is 4.39 Å². The number of hydrogen-bond acceptors (Lipinski definition) is 8. The van der Waals surface area contributed by atoms with E-state index in [1.807, 2.05) is 6.92 Å². The Kier molecular flexibility index (Phi) is 5.29. The van der Waals surface area contributed by atoms with Gasteiger partial charge < -0.3 is 4.42 Å². The van der Waals surface area contributed by atoms with Gasteiger partial charge in [0, 0.05) is 5.56 Å². The maximum atomic E-state index is 13.0. The molecular weight excluding hydrogens is 355 g/mol. The van der Waals surface area contributed by atoms with Crippen molar-refractivity contribution in [3.8, 4) is 11.5 Å². The molecule has 0 amide bonds. The van der Waals surface area contributed by atoms with Gasteiger partial charge in [0.1, 0.15) is 5.82 Å². The molecule has 0 saturated heterocycles. The first-order valence-electron chi connectivity index (χ1n) is 6.88. The minimum Gasteiger partial charge on any atom is -0.419 e. The highest BCUT2D eigenvalue weighted by atomic mass is 32.2. The van der Waals surface area contributed by atoms with E-state index < -0.39 is 0 Å². The Labute approximate surface area is 145 Å². The molecule has 0 fully saturated rings. The van der Waals surface area contributed by atoms with Crippen molar-refractivity contribution in [2.75, 3.05) is 5.75 Å². The van der Waals surface area contributed by atoms with Crippen LogP contribution in [0.25, 0.3) is 11.5 Å². The van der Waals surface area contributed by atoms with Gasteiger partial charge in [0.15, 0.2) is 8.68 Å². The number of nitrogens with zero attached hydrogens (tertiary/aromatic N) is 4. The van der Waals surface area contributed by atoms with Gasteiger partial charge in [-0.15, -0.1) is 20.4 Å². The van der Waals surface area contributed by atoms with Crippen LogP contribution >= 0.6 is 34.9 Å². The Balaban J connectivity index is 1.70. The van der Waals surface area contributed by atoms with E-state index in [9.17, 15) is 4.39 Å². The zero-order valence-electron chi connectivity index (χ0n) is 12.4. The first kappa shape index (κ1) is 16.4. The third kappa shape index (κ3) is 4.10. The number of rotatable bonds is 6. The third-order valence-corrected chi connectivity index (χ3v) is 5.92. The van der Waals surface area contributed by atoms with Crippen molar-refractivity contribution in [1.82, 2.24) is 20.4 Å². The second kappa shape index (κ2) is 7.41. The molecule has 2 heterocycles. The second-order valence-corrected chi connectivity index (χ2v) is 8.56. The lowest BCUT2D eigenvalue weighted by Crippen LogP contribution is -1.88. The molecule has 1 aromatic carbocycles. The van der Waals surface area contributed by atoms with Crippen LogP contribution in [0.5, 0.6) is 0 Å². The number of aromatic nitrogens is 4. The van der Waals surface area contributed by atoms with Gasteiger partial charge in [-0.3, -0.25) is 0 Å². The third-order valence-electron chi connectivity index (χ3n) is 2.81. The van der Waals surface area contributed by atoms with Crippen molar-refractivity contribution in [1.29, 1.82) is 0 Å². The Morgan fingerprint density at radius 2 is 1.87 bits per heavy atom. The lowest BCUT2D eigenvalue weighted by Gasteiger charge is -2.02. The van der Waals surface area contributed by atoms with Gasteiger partial charge in [-0.25, -0.2) is 4.39 Å². The molecule has 0 N–H and O–H groups in total. The summed E-state index contributed by atoms with van der Waals surface area (Å²) in [6.07, 6.45) is 0. The van der Waals surface area contributed by atoms with Crippen LogP contribution in [0.15, 0.2) is 37.4 Å². The number of hydrogen-bond donors (Lipinski definition) is 0. The van der Waals surface area contributed by atoms with Gasteiger partial charge >= 0.3 is 0 Å². The first-order valence-corrected chi connectivity index (χ1v) is 9.56. The zero-order valence-corrected chi connectivity index (χ0v) is 14.8. The van der Waals surface area contributed by atoms with E-state index in [1.54, 1.807) is 35.2 Å². The van der Waals surface area contributed by atoms with Gasteiger partial charge in [-0.1, -0.05) is 41.8 Å². The number of halogens is 1. The molecular formula is C14H13FN4OS3. The molecule has 0 aliphatic heterocycles. The Morgan fingerprint density at radius 3 is 2.61 bits per heavy atom. The Morgan fingerprint density at radius 1 is 1.13 bits per heavy atom. The fourth-order valence-electron chi connectivity index (χ4n) is 1.74. The number of thioether (sulfide) groups is 2. The predicted octanol–water partition coefficient (Wildman–Crippen LogP) is 4.69. The first-order chi connectivity index (χ1) is 11.2. The summed E-state index contributed by atoms with van der Waals surface area (Å²) >= 11 is 4.76. The van der Waals surface area contributed by atoms with E-state index in [0.29, 0.717) is 17.3 Å². The lowest BCUT2D eigenvalue weighted by atomic mass is 10.2. The topological polar surface area (TPSA) is 64.7 Å². The van der Waals surface area contributed by atoms with E-state index in [-0.39, 0.29) is 11.1 Å². The molecule has 120 valence electrons. The van der Waals surface area contributed by atoms with Gasteiger partial charge in [0.2, 0.25) is 11.8 Å². The molecule has 5 nitrogen and oxygen atoms in total. The molecule has 0 aliphatic carbocycles. The van der Waals surface area contributed by atoms with E-state index in [1.165, 1.54) is 23.9 Å². The lowest BCUT2D eigenvalue weighted by molar-refractivity contribution is 0.509. The van der Waals surface area contributed by atoms with Gasteiger partial charge in [0.05, 0.1) is 5.25 Å². The van der Waals surface area contributed by atoms with Crippen LogP contribution in [0.3, 0.4) is 0 Å². The fourth-order valence-corrected chi connectivity index (χ4v) is 4.83. The van der Waals surface area contributed by atoms with Gasteiger partial charge in [0.25, 0.3) is 0 Å². The van der Waals surface area contributed by atoms with Crippen LogP contribution in [-0.4, -0.2) is 26.1 Å². The highest BCUT2D eigenvalue weighted by Crippen LogP contribution is 2.38. The summed E-state index contributed by atoms with van der Waals surface area (Å²) in [6, 6.07) is 5.96. The van der Waals surface area contributed by atoms with E-state index in [2.05, 4.69) is 27.3 Å². The summed E-state index contributed by atoms with van der Waals surface area (Å²) in [7, 11) is 0. The predicted molar refractivity (Wildman–Crippen MR) is 90.3 cm³/mol. The molecule has 3 aromatic rings. The van der Waals surface area contributed by atoms with Crippen LogP contribution in [0.1, 0.15) is 25.0 Å². The van der Waals surface area contributed by atoms with Crippen molar-refractivity contribution in [2.45, 2.75) is 27.8 Å². The second-order valence-electron chi connectivity index (χ2n) is 4.48. The van der Waals surface area contributed by atoms with Crippen molar-refractivity contribution < 1.29 is 8.81 Å². The standard InChI is InChI=1S/C14H13FN4OS3/c1-3-21-13-18-19-14(23-13)22-8(2)11-16-17-12(20-11)9-4-6-10(15)7-5-9/h4-8H,3H2,1-2H3/t8-/m0/s1. The maximum absolute atomic E-state index is 13.0. The molecule has 0 bridgehead atoms. The summed E-state index contributed by atoms with van der Waals surface area (Å²) < 4.78 is 20.5. The SMILES string of the molecule is CCSc1nnc(S[C@@H](C)c2nnc(-c3ccc(F)cc3)o2)s1. The molecule has 9 heteroatoms. The van der Waals surface area contributed by atoms with Crippen molar-refractivity contribution in [3.63, 3.8) is 0 Å². The van der Waals surface area contributed by atoms with Crippen molar-refractivity contribution >= 4 is 34.9 Å². The summed E-state index contributed by atoms with van der Waals surface area (Å²) in [6.45, 7) is 4.05. The Hall–Kier alpha value is -1.45. The molecule has 1 atom stereocenters. The van der Waals surface area contributed by atoms with Gasteiger partial charge in [-0.2, -0.15) is 0 Å². The molecule has 0 aliphatic rings. The summed E-state index contributed by atoms with van der Waals surface area (Å²) in [4.78, 5) is 0. The largest absolute Gasteiger partial charge is 0.419 e. The van der Waals surface area contributed by atoms with Crippen molar-refractivity contribution in [2.24, 2.45) is 0 Å². The van der Waals surface area contributed by atoms with Crippen LogP contribution < -0.4 is 0 Å². The monoisotopic (exact) mass is 368 g/mol. The average molecular weight is 368 g/mol. The van der Waals surface area contributed by atoms with Crippen LogP contribution in [0, 0.1) is 5.82 Å². The highest BCUT2D eigenvalue weighted by Gasteiger charge is 2.18. The van der Waals surface area contributed by atoms with E-state index in [0.717, 1.165) is 14.4 Å². The molecule has 0 spiro atoms. The van der Waals surface area contributed by atoms with Crippen LogP contribution in [-0.2, 0) is 0 Å². The van der Waals surface area contributed by atoms with Crippen molar-refractivity contribution in [3.05, 3.63) is 36.0 Å². The molecule has 3 rings (SSSR count). The maximum Gasteiger partial charge on any atom is 0.247 e. The molecule has 2 aromatic heterocycles. The Bertz CT molecular complexity index is 774. The molecule has 0 saturated carbocycles. The van der Waals surface area contributed by atoms with E-state index in [4.69, 9.17) is 4.42 Å². The van der Waals surface area contributed by atoms with E-state index >= 15 is 0 Å². The zero-order chi connectivity index (χ0) is 16.2. The van der Waals surface area contributed by atoms with Gasteiger partial charge in [-0.05, 0) is 36.9 Å². The average Bonchev–Trinajstić information content (AvgIpc) is 3.18. The summed E-state index contributed by atoms with van der Waals surface area (Å²) in [5.74, 6) is 1.56. The minimum atomic E-state index is -0.297. The summed E-state index contributed by atoms with van der Waals surface area (Å²) in [5, 5.41) is 16.3.